The molecule has 2 fully saturated rings. The van der Waals surface area contributed by atoms with Crippen LogP contribution in [0.5, 0.6) is 0 Å². The molecule has 0 bridgehead atoms. The molecule has 174 valence electrons. The Morgan fingerprint density at radius 3 is 2.52 bits per heavy atom. The molecule has 2 heterocycles. The van der Waals surface area contributed by atoms with Crippen molar-refractivity contribution in [3.8, 4) is 0 Å². The molecule has 11 heteroatoms. The number of ether oxygens (including phenoxy) is 2. The van der Waals surface area contributed by atoms with Gasteiger partial charge in [-0.25, -0.2) is 9.18 Å². The van der Waals surface area contributed by atoms with Gasteiger partial charge in [0.1, 0.15) is 18.5 Å². The summed E-state index contributed by atoms with van der Waals surface area (Å²) in [5.74, 6) is -3.00. The monoisotopic (exact) mass is 450 g/mol. The Morgan fingerprint density at radius 2 is 1.94 bits per heavy atom. The number of benzene rings is 1. The van der Waals surface area contributed by atoms with Crippen LogP contribution >= 0.6 is 0 Å². The molecule has 1 aromatic carbocycles. The van der Waals surface area contributed by atoms with Crippen LogP contribution in [-0.2, 0) is 25.6 Å². The number of likely N-dealkylation sites (N-methyl/N-ethyl adjacent to an activating group) is 1. The number of carbonyl (C=O) groups is 2. The lowest BCUT2D eigenvalue weighted by Crippen LogP contribution is -2.42. The number of aliphatic carboxylic acids is 1. The van der Waals surface area contributed by atoms with Crippen LogP contribution in [-0.4, -0.2) is 85.1 Å². The number of carboxylic acids is 1. The summed E-state index contributed by atoms with van der Waals surface area (Å²) in [5.41, 5.74) is 0.687. The summed E-state index contributed by atoms with van der Waals surface area (Å²) in [5, 5.41) is 7.12. The van der Waals surface area contributed by atoms with Crippen molar-refractivity contribution < 1.29 is 41.7 Å². The van der Waals surface area contributed by atoms with Crippen LogP contribution in [0.25, 0.3) is 0 Å². The second kappa shape index (κ2) is 10.9. The molecule has 2 aliphatic heterocycles. The van der Waals surface area contributed by atoms with E-state index >= 15 is 0 Å². The highest BCUT2D eigenvalue weighted by Crippen LogP contribution is 2.32. The third-order valence-corrected chi connectivity index (χ3v) is 5.08. The molecule has 1 N–H and O–H groups in total. The van der Waals surface area contributed by atoms with Crippen molar-refractivity contribution >= 4 is 11.9 Å². The van der Waals surface area contributed by atoms with Gasteiger partial charge in [0.25, 0.3) is 0 Å². The fraction of sp³-hybridized carbons (Fsp3) is 0.600. The first kappa shape index (κ1) is 25.0. The predicted molar refractivity (Wildman–Crippen MR) is 102 cm³/mol. The number of halogens is 4. The van der Waals surface area contributed by atoms with Gasteiger partial charge in [0.2, 0.25) is 5.91 Å². The highest BCUT2D eigenvalue weighted by molar-refractivity contribution is 5.76. The smallest absolute Gasteiger partial charge is 0.475 e. The number of fused-ring (bicyclic) bond motifs is 1. The topological polar surface area (TPSA) is 79.3 Å². The summed E-state index contributed by atoms with van der Waals surface area (Å²) < 4.78 is 57.5. The number of carbonyl (C=O) groups excluding carboxylic acids is 1. The standard InChI is InChI=1S/C18H25FN2O3.C2HF3O2/c1-20(2)17(22)12-24-16-11-21(15-8-5-9-23-18(15)16)10-13-6-3-4-7-14(13)19;3-2(4,5)1(6)7/h3-4,6-7,15-16,18H,5,8-12H2,1-2H3;(H,6,7)/t15-,16-,18+;/m1./s1. The van der Waals surface area contributed by atoms with E-state index in [0.717, 1.165) is 19.4 Å². The van der Waals surface area contributed by atoms with E-state index in [0.29, 0.717) is 18.7 Å². The van der Waals surface area contributed by atoms with Gasteiger partial charge >= 0.3 is 12.1 Å². The van der Waals surface area contributed by atoms with Crippen molar-refractivity contribution in [3.05, 3.63) is 35.6 Å². The highest BCUT2D eigenvalue weighted by atomic mass is 19.4. The second-order valence-electron chi connectivity index (χ2n) is 7.51. The molecule has 0 saturated carbocycles. The minimum absolute atomic E-state index is 0.0412. The summed E-state index contributed by atoms with van der Waals surface area (Å²) in [4.78, 5) is 24.4. The highest BCUT2D eigenvalue weighted by Gasteiger charge is 2.45. The van der Waals surface area contributed by atoms with E-state index in [-0.39, 0.29) is 36.6 Å². The fourth-order valence-corrected chi connectivity index (χ4v) is 3.49. The third kappa shape index (κ3) is 7.15. The van der Waals surface area contributed by atoms with E-state index in [1.165, 1.54) is 11.0 Å². The molecule has 0 unspecified atom stereocenters. The zero-order chi connectivity index (χ0) is 23.2. The third-order valence-electron chi connectivity index (χ3n) is 5.08. The lowest BCUT2D eigenvalue weighted by Gasteiger charge is -2.32. The first-order valence-corrected chi connectivity index (χ1v) is 9.71. The Balaban J connectivity index is 0.000000423. The summed E-state index contributed by atoms with van der Waals surface area (Å²) >= 11 is 0. The molecule has 2 saturated heterocycles. The molecule has 0 radical (unpaired) electrons. The van der Waals surface area contributed by atoms with E-state index in [1.54, 1.807) is 20.2 Å². The molecule has 3 atom stereocenters. The minimum atomic E-state index is -5.08. The van der Waals surface area contributed by atoms with Crippen LogP contribution in [0.1, 0.15) is 18.4 Å². The molecule has 0 aromatic heterocycles. The first-order valence-electron chi connectivity index (χ1n) is 9.71. The Labute approximate surface area is 177 Å². The van der Waals surface area contributed by atoms with E-state index in [2.05, 4.69) is 4.90 Å². The minimum Gasteiger partial charge on any atom is -0.475 e. The largest absolute Gasteiger partial charge is 0.490 e. The van der Waals surface area contributed by atoms with Crippen molar-refractivity contribution in [3.63, 3.8) is 0 Å². The molecule has 3 rings (SSSR count). The van der Waals surface area contributed by atoms with Gasteiger partial charge in [-0.3, -0.25) is 9.69 Å². The fourth-order valence-electron chi connectivity index (χ4n) is 3.49. The number of carboxylic acid groups (broad SMARTS) is 1. The number of nitrogens with zero attached hydrogens (tertiary/aromatic N) is 2. The van der Waals surface area contributed by atoms with Gasteiger partial charge in [-0.2, -0.15) is 13.2 Å². The Morgan fingerprint density at radius 1 is 1.29 bits per heavy atom. The van der Waals surface area contributed by atoms with Gasteiger partial charge in [0, 0.05) is 45.4 Å². The van der Waals surface area contributed by atoms with Gasteiger partial charge in [-0.1, -0.05) is 18.2 Å². The number of hydrogen-bond acceptors (Lipinski definition) is 5. The van der Waals surface area contributed by atoms with E-state index in [9.17, 15) is 22.4 Å². The molecule has 7 nitrogen and oxygen atoms in total. The Bertz CT molecular complexity index is 759. The summed E-state index contributed by atoms with van der Waals surface area (Å²) in [6.07, 6.45) is -3.26. The summed E-state index contributed by atoms with van der Waals surface area (Å²) in [7, 11) is 3.43. The van der Waals surface area contributed by atoms with E-state index in [4.69, 9.17) is 19.4 Å². The van der Waals surface area contributed by atoms with E-state index in [1.807, 2.05) is 12.1 Å². The average Bonchev–Trinajstić information content (AvgIpc) is 3.05. The van der Waals surface area contributed by atoms with Crippen LogP contribution in [0, 0.1) is 5.82 Å². The van der Waals surface area contributed by atoms with E-state index < -0.39 is 12.1 Å². The lowest BCUT2D eigenvalue weighted by molar-refractivity contribution is -0.192. The zero-order valence-corrected chi connectivity index (χ0v) is 17.3. The van der Waals surface area contributed by atoms with Crippen molar-refractivity contribution in [2.75, 3.05) is 33.9 Å². The number of rotatable bonds is 5. The van der Waals surface area contributed by atoms with Crippen LogP contribution in [0.3, 0.4) is 0 Å². The molecule has 0 spiro atoms. The van der Waals surface area contributed by atoms with Gasteiger partial charge < -0.3 is 19.5 Å². The molecule has 1 aromatic rings. The maximum Gasteiger partial charge on any atom is 0.490 e. The molecular formula is C20H26F4N2O5. The van der Waals surface area contributed by atoms with Crippen LogP contribution in [0.15, 0.2) is 24.3 Å². The summed E-state index contributed by atoms with van der Waals surface area (Å²) in [6, 6.07) is 7.08. The van der Waals surface area contributed by atoms with Gasteiger partial charge in [-0.15, -0.1) is 0 Å². The van der Waals surface area contributed by atoms with Crippen molar-refractivity contribution in [1.82, 2.24) is 9.80 Å². The Hall–Kier alpha value is -2.24. The number of likely N-dealkylation sites (tertiary alicyclic amines) is 1. The van der Waals surface area contributed by atoms with Crippen molar-refractivity contribution in [1.29, 1.82) is 0 Å². The average molecular weight is 450 g/mol. The number of alkyl halides is 3. The molecule has 2 aliphatic rings. The first-order chi connectivity index (χ1) is 14.5. The lowest BCUT2D eigenvalue weighted by atomic mass is 10.0. The van der Waals surface area contributed by atoms with Crippen molar-refractivity contribution in [2.24, 2.45) is 0 Å². The molecular weight excluding hydrogens is 424 g/mol. The zero-order valence-electron chi connectivity index (χ0n) is 17.3. The van der Waals surface area contributed by atoms with Gasteiger partial charge in [0.05, 0.1) is 6.10 Å². The van der Waals surface area contributed by atoms with Crippen LogP contribution < -0.4 is 0 Å². The molecule has 31 heavy (non-hydrogen) atoms. The Kier molecular flexibility index (Phi) is 8.78. The molecule has 0 aliphatic carbocycles. The predicted octanol–water partition coefficient (Wildman–Crippen LogP) is 2.30. The van der Waals surface area contributed by atoms with Gasteiger partial charge in [0.15, 0.2) is 0 Å². The summed E-state index contributed by atoms with van der Waals surface area (Å²) in [6.45, 7) is 1.97. The normalized spacial score (nSPS) is 23.5. The molecule has 1 amide bonds. The number of amides is 1. The number of hydrogen-bond donors (Lipinski definition) is 1. The van der Waals surface area contributed by atoms with Crippen LogP contribution in [0.4, 0.5) is 17.6 Å². The maximum atomic E-state index is 14.0. The SMILES string of the molecule is CN(C)C(=O)CO[C@@H]1CN(Cc2ccccc2F)[C@@H]2CCCO[C@@H]21.O=C(O)C(F)(F)F. The maximum absolute atomic E-state index is 14.0. The van der Waals surface area contributed by atoms with Gasteiger partial charge in [-0.05, 0) is 18.9 Å². The quantitative estimate of drug-likeness (QED) is 0.694. The van der Waals surface area contributed by atoms with Crippen LogP contribution in [0.2, 0.25) is 0 Å². The second-order valence-corrected chi connectivity index (χ2v) is 7.51. The van der Waals surface area contributed by atoms with Crippen molar-refractivity contribution in [2.45, 2.75) is 43.8 Å².